The van der Waals surface area contributed by atoms with Gasteiger partial charge >= 0.3 is 12.1 Å². The van der Waals surface area contributed by atoms with E-state index in [1.54, 1.807) is 46.8 Å². The highest BCUT2D eigenvalue weighted by molar-refractivity contribution is 7.91. The lowest BCUT2D eigenvalue weighted by Crippen LogP contribution is -2.54. The van der Waals surface area contributed by atoms with Gasteiger partial charge in [-0.2, -0.15) is 0 Å². The Labute approximate surface area is 257 Å². The van der Waals surface area contributed by atoms with Gasteiger partial charge in [-0.15, -0.1) is 0 Å². The number of hydrogen-bond donors (Lipinski definition) is 1. The molecular weight excluding hydrogens is 592 g/mol. The normalized spacial score (nSPS) is 21.8. The van der Waals surface area contributed by atoms with Crippen LogP contribution in [0, 0.1) is 6.92 Å². The number of esters is 1. The number of nitrogens with zero attached hydrogens (tertiary/aromatic N) is 1. The Balaban J connectivity index is 1.47. The van der Waals surface area contributed by atoms with E-state index in [1.807, 2.05) is 37.3 Å². The van der Waals surface area contributed by atoms with Crippen LogP contribution in [0.4, 0.5) is 4.79 Å². The van der Waals surface area contributed by atoms with Crippen LogP contribution in [0.2, 0.25) is 0 Å². The third-order valence-corrected chi connectivity index (χ3v) is 8.50. The molecule has 4 atom stereocenters. The van der Waals surface area contributed by atoms with Crippen molar-refractivity contribution in [1.82, 2.24) is 10.2 Å². The van der Waals surface area contributed by atoms with Crippen LogP contribution in [0.25, 0.3) is 0 Å². The fraction of sp³-hybridized carbons (Fsp3) is 0.516. The smallest absolute Gasteiger partial charge is 0.413 e. The maximum Gasteiger partial charge on any atom is 0.413 e. The number of hydrogen-bond acceptors (Lipinski definition) is 10. The summed E-state index contributed by atoms with van der Waals surface area (Å²) in [5.74, 6) is -2.52. The highest BCUT2D eigenvalue weighted by Gasteiger charge is 2.54. The van der Waals surface area contributed by atoms with Crippen LogP contribution in [0.15, 0.2) is 59.5 Å². The average molecular weight is 633 g/mol. The second-order valence-electron chi connectivity index (χ2n) is 12.2. The molecule has 0 bridgehead atoms. The molecule has 2 aromatic carbocycles. The third kappa shape index (κ3) is 8.56. The van der Waals surface area contributed by atoms with Crippen molar-refractivity contribution < 1.29 is 46.5 Å². The second kappa shape index (κ2) is 13.2. The lowest BCUT2D eigenvalue weighted by molar-refractivity contribution is -0.161. The van der Waals surface area contributed by atoms with Gasteiger partial charge in [0.15, 0.2) is 15.9 Å². The number of amides is 2. The molecule has 13 heteroatoms. The first-order chi connectivity index (χ1) is 20.6. The van der Waals surface area contributed by atoms with Crippen LogP contribution in [0.1, 0.15) is 45.7 Å². The van der Waals surface area contributed by atoms with Crippen molar-refractivity contribution in [3.63, 3.8) is 0 Å². The quantitative estimate of drug-likeness (QED) is 0.289. The van der Waals surface area contributed by atoms with Gasteiger partial charge in [-0.05, 0) is 59.2 Å². The fourth-order valence-corrected chi connectivity index (χ4v) is 5.68. The van der Waals surface area contributed by atoms with E-state index in [4.69, 9.17) is 23.7 Å². The molecule has 0 saturated carbocycles. The number of aryl methyl sites for hydroxylation is 1. The number of nitrogens with one attached hydrogen (secondary N) is 1. The molecule has 1 N–H and O–H groups in total. The molecule has 0 radical (unpaired) electrons. The lowest BCUT2D eigenvalue weighted by Gasteiger charge is -2.34. The first-order valence-electron chi connectivity index (χ1n) is 14.3. The number of rotatable bonds is 11. The minimum Gasteiger partial charge on any atom is -0.448 e. The molecule has 12 nitrogen and oxygen atoms in total. The maximum atomic E-state index is 13.5. The van der Waals surface area contributed by atoms with Crippen molar-refractivity contribution in [2.45, 2.75) is 88.7 Å². The first kappa shape index (κ1) is 33.4. The lowest BCUT2D eigenvalue weighted by atomic mass is 10.1. The van der Waals surface area contributed by atoms with E-state index in [1.165, 1.54) is 12.1 Å². The summed E-state index contributed by atoms with van der Waals surface area (Å²) in [6, 6.07) is 14.4. The van der Waals surface area contributed by atoms with Crippen molar-refractivity contribution in [3.8, 4) is 0 Å². The van der Waals surface area contributed by atoms with E-state index in [0.717, 1.165) is 16.0 Å². The summed E-state index contributed by atoms with van der Waals surface area (Å²) < 4.78 is 54.0. The Hall–Kier alpha value is -3.52. The molecule has 44 heavy (non-hydrogen) atoms. The van der Waals surface area contributed by atoms with E-state index in [-0.39, 0.29) is 18.1 Å². The van der Waals surface area contributed by atoms with Crippen molar-refractivity contribution in [1.29, 1.82) is 0 Å². The number of epoxide rings is 1. The van der Waals surface area contributed by atoms with Crippen molar-refractivity contribution in [2.75, 3.05) is 19.1 Å². The van der Waals surface area contributed by atoms with E-state index < -0.39 is 69.4 Å². The summed E-state index contributed by atoms with van der Waals surface area (Å²) in [4.78, 5) is 41.1. The van der Waals surface area contributed by atoms with Gasteiger partial charge in [-0.25, -0.2) is 18.0 Å². The Morgan fingerprint density at radius 1 is 1.07 bits per heavy atom. The summed E-state index contributed by atoms with van der Waals surface area (Å²) in [6.45, 7) is 10.3. The SMILES string of the molecule is Cc1ccc(S(=O)(=O)CNC(=O)C(OC(=O)[C@@H]2COC(C)(C)N2C(=O)OC(C)(C)C)[C@H]2O[C@H]2COCc2ccccc2)cc1. The van der Waals surface area contributed by atoms with Gasteiger partial charge in [-0.3, -0.25) is 9.69 Å². The zero-order valence-corrected chi connectivity index (χ0v) is 26.6. The highest BCUT2D eigenvalue weighted by Crippen LogP contribution is 2.33. The van der Waals surface area contributed by atoms with Gasteiger partial charge in [0.1, 0.15) is 29.4 Å². The molecule has 2 fully saturated rings. The minimum absolute atomic E-state index is 0.0325. The fourth-order valence-electron chi connectivity index (χ4n) is 4.63. The van der Waals surface area contributed by atoms with Gasteiger partial charge < -0.3 is 29.0 Å². The zero-order valence-electron chi connectivity index (χ0n) is 25.8. The molecule has 2 heterocycles. The first-order valence-corrected chi connectivity index (χ1v) is 15.9. The Morgan fingerprint density at radius 2 is 1.73 bits per heavy atom. The van der Waals surface area contributed by atoms with Gasteiger partial charge in [0.25, 0.3) is 5.91 Å². The molecular formula is C31H40N2O10S. The van der Waals surface area contributed by atoms with Crippen molar-refractivity contribution in [3.05, 3.63) is 65.7 Å². The summed E-state index contributed by atoms with van der Waals surface area (Å²) in [5, 5.41) is 2.38. The van der Waals surface area contributed by atoms with Gasteiger partial charge in [-0.1, -0.05) is 48.0 Å². The topological polar surface area (TPSA) is 150 Å². The van der Waals surface area contributed by atoms with Gasteiger partial charge in [0, 0.05) is 0 Å². The number of carbonyl (C=O) groups is 3. The second-order valence-corrected chi connectivity index (χ2v) is 14.2. The van der Waals surface area contributed by atoms with Crippen LogP contribution in [0.3, 0.4) is 0 Å². The molecule has 2 amide bonds. The highest BCUT2D eigenvalue weighted by atomic mass is 32.2. The predicted octanol–water partition coefficient (Wildman–Crippen LogP) is 3.11. The van der Waals surface area contributed by atoms with Gasteiger partial charge in [0.2, 0.25) is 6.10 Å². The van der Waals surface area contributed by atoms with Crippen LogP contribution < -0.4 is 5.32 Å². The summed E-state index contributed by atoms with van der Waals surface area (Å²) in [5.41, 5.74) is -0.219. The Bertz CT molecular complexity index is 1440. The number of benzene rings is 2. The maximum absolute atomic E-state index is 13.5. The van der Waals surface area contributed by atoms with Crippen molar-refractivity contribution in [2.24, 2.45) is 0 Å². The Morgan fingerprint density at radius 3 is 2.36 bits per heavy atom. The molecule has 2 saturated heterocycles. The van der Waals surface area contributed by atoms with Crippen LogP contribution in [-0.4, -0.2) is 86.1 Å². The molecule has 0 spiro atoms. The molecule has 2 aromatic rings. The number of sulfone groups is 1. The zero-order chi connectivity index (χ0) is 32.3. The molecule has 2 aliphatic heterocycles. The van der Waals surface area contributed by atoms with Gasteiger partial charge in [0.05, 0.1) is 24.7 Å². The summed E-state index contributed by atoms with van der Waals surface area (Å²) in [6.07, 6.45) is -3.80. The van der Waals surface area contributed by atoms with Crippen LogP contribution in [0.5, 0.6) is 0 Å². The van der Waals surface area contributed by atoms with Crippen LogP contribution >= 0.6 is 0 Å². The molecule has 4 rings (SSSR count). The third-order valence-electron chi connectivity index (χ3n) is 6.98. The van der Waals surface area contributed by atoms with Crippen LogP contribution in [-0.2, 0) is 49.7 Å². The van der Waals surface area contributed by atoms with E-state index >= 15 is 0 Å². The monoisotopic (exact) mass is 632 g/mol. The molecule has 0 aromatic heterocycles. The Kier molecular flexibility index (Phi) is 10.0. The summed E-state index contributed by atoms with van der Waals surface area (Å²) >= 11 is 0. The minimum atomic E-state index is -3.89. The molecule has 2 aliphatic rings. The number of carbonyl (C=O) groups excluding carboxylic acids is 3. The summed E-state index contributed by atoms with van der Waals surface area (Å²) in [7, 11) is -3.89. The molecule has 240 valence electrons. The van der Waals surface area contributed by atoms with E-state index in [2.05, 4.69) is 5.32 Å². The standard InChI is InChI=1S/C31H40N2O10S/c1-20-12-14-22(15-13-20)44(37,38)19-32-27(34)26(25-24(41-25)18-39-16-21-10-8-7-9-11-21)42-28(35)23-17-40-31(5,6)33(23)29(36)43-30(2,3)4/h7-15,23-26H,16-19H2,1-6H3,(H,32,34)/t23-,24-,25-,26?/m0/s1. The number of ether oxygens (including phenoxy) is 5. The largest absolute Gasteiger partial charge is 0.448 e. The van der Waals surface area contributed by atoms with E-state index in [9.17, 15) is 22.8 Å². The van der Waals surface area contributed by atoms with E-state index in [0.29, 0.717) is 6.61 Å². The molecule has 0 aliphatic carbocycles. The average Bonchev–Trinajstić information content (AvgIpc) is 3.63. The predicted molar refractivity (Wildman–Crippen MR) is 158 cm³/mol. The van der Waals surface area contributed by atoms with Crippen molar-refractivity contribution >= 4 is 27.8 Å². The molecule has 1 unspecified atom stereocenters.